The molecular weight excluding hydrogens is 424 g/mol. The van der Waals surface area contributed by atoms with Crippen molar-refractivity contribution in [1.82, 2.24) is 9.80 Å². The summed E-state index contributed by atoms with van der Waals surface area (Å²) in [7, 11) is 4.86. The number of nitrogens with zero attached hydrogens (tertiary/aromatic N) is 2. The number of primary amides is 1. The van der Waals surface area contributed by atoms with Crippen LogP contribution < -0.4 is 11.5 Å². The van der Waals surface area contributed by atoms with Gasteiger partial charge in [-0.2, -0.15) is 0 Å². The van der Waals surface area contributed by atoms with E-state index in [1.807, 2.05) is 13.8 Å². The maximum absolute atomic E-state index is 13.4. The summed E-state index contributed by atoms with van der Waals surface area (Å²) in [5, 5.41) is 0. The lowest BCUT2D eigenvalue weighted by Gasteiger charge is -2.40. The van der Waals surface area contributed by atoms with Gasteiger partial charge in [-0.1, -0.05) is 41.0 Å². The second-order valence-corrected chi connectivity index (χ2v) is 9.76. The van der Waals surface area contributed by atoms with Crippen LogP contribution in [-0.2, 0) is 23.9 Å². The summed E-state index contributed by atoms with van der Waals surface area (Å²) >= 11 is 0. The van der Waals surface area contributed by atoms with Crippen LogP contribution in [0.25, 0.3) is 0 Å². The van der Waals surface area contributed by atoms with Gasteiger partial charge >= 0.3 is 0 Å². The van der Waals surface area contributed by atoms with Crippen LogP contribution in [0.4, 0.5) is 0 Å². The fraction of sp³-hybridized carbons (Fsp3) is 0.875. The lowest BCUT2D eigenvalue weighted by Crippen LogP contribution is -2.56. The Labute approximate surface area is 199 Å². The van der Waals surface area contributed by atoms with Crippen LogP contribution in [0.3, 0.4) is 0 Å². The standard InChI is InChI=1S/C24H46N4O5/c1-9-15(4)21(27(6)24(31)20(25)14(2)3)18(32-7)13-19(29)28-12-10-11-17(28)22(33-8)16(5)23(26)30/h14-18,20-22H,9-13,25H2,1-8H3,(H2,26,30). The molecule has 1 heterocycles. The molecule has 1 rings (SSSR count). The molecule has 0 aromatic carbocycles. The quantitative estimate of drug-likeness (QED) is 0.418. The van der Waals surface area contributed by atoms with E-state index in [9.17, 15) is 14.4 Å². The number of carbonyl (C=O) groups excluding carboxylic acids is 3. The third kappa shape index (κ3) is 7.13. The number of hydrogen-bond acceptors (Lipinski definition) is 6. The van der Waals surface area contributed by atoms with Gasteiger partial charge in [0.05, 0.1) is 42.7 Å². The van der Waals surface area contributed by atoms with Gasteiger partial charge in [0, 0.05) is 27.8 Å². The van der Waals surface area contributed by atoms with Gasteiger partial charge < -0.3 is 30.7 Å². The third-order valence-electron chi connectivity index (χ3n) is 7.30. The summed E-state index contributed by atoms with van der Waals surface area (Å²) in [6.07, 6.45) is 1.57. The van der Waals surface area contributed by atoms with Gasteiger partial charge in [0.25, 0.3) is 0 Å². The summed E-state index contributed by atoms with van der Waals surface area (Å²) in [6, 6.07) is -1.14. The molecule has 192 valence electrons. The molecule has 7 atom stereocenters. The average Bonchev–Trinajstić information content (AvgIpc) is 3.26. The second-order valence-electron chi connectivity index (χ2n) is 9.76. The predicted octanol–water partition coefficient (Wildman–Crippen LogP) is 1.38. The number of likely N-dealkylation sites (tertiary alicyclic amines) is 1. The van der Waals surface area contributed by atoms with Crippen molar-refractivity contribution in [2.75, 3.05) is 27.8 Å². The van der Waals surface area contributed by atoms with Gasteiger partial charge in [0.2, 0.25) is 17.7 Å². The number of amides is 3. The first kappa shape index (κ1) is 29.3. The van der Waals surface area contributed by atoms with E-state index in [1.165, 1.54) is 0 Å². The number of ether oxygens (including phenoxy) is 2. The molecule has 33 heavy (non-hydrogen) atoms. The zero-order chi connectivity index (χ0) is 25.5. The minimum atomic E-state index is -0.615. The highest BCUT2D eigenvalue weighted by atomic mass is 16.5. The van der Waals surface area contributed by atoms with Crippen LogP contribution in [0.2, 0.25) is 0 Å². The molecule has 1 fully saturated rings. The summed E-state index contributed by atoms with van der Waals surface area (Å²) in [5.74, 6) is -1.09. The number of hydrogen-bond donors (Lipinski definition) is 2. The molecule has 0 aromatic heterocycles. The Balaban J connectivity index is 3.11. The molecule has 0 radical (unpaired) electrons. The Morgan fingerprint density at radius 2 is 1.73 bits per heavy atom. The van der Waals surface area contributed by atoms with Gasteiger partial charge in [0.15, 0.2) is 0 Å². The highest BCUT2D eigenvalue weighted by molar-refractivity contribution is 5.82. The SMILES string of the molecule is CCC(C)C(C(CC(=O)N1CCCC1C(OC)C(C)C(N)=O)OC)N(C)C(=O)C(N)C(C)C. The van der Waals surface area contributed by atoms with E-state index in [-0.39, 0.29) is 42.2 Å². The van der Waals surface area contributed by atoms with Crippen LogP contribution in [0.5, 0.6) is 0 Å². The maximum atomic E-state index is 13.4. The number of likely N-dealkylation sites (N-methyl/N-ethyl adjacent to an activating group) is 1. The van der Waals surface area contributed by atoms with Crippen molar-refractivity contribution < 1.29 is 23.9 Å². The van der Waals surface area contributed by atoms with Gasteiger partial charge in [-0.3, -0.25) is 14.4 Å². The van der Waals surface area contributed by atoms with Crippen LogP contribution in [0, 0.1) is 17.8 Å². The van der Waals surface area contributed by atoms with E-state index in [4.69, 9.17) is 20.9 Å². The largest absolute Gasteiger partial charge is 0.379 e. The Hall–Kier alpha value is -1.71. The Bertz CT molecular complexity index is 659. The normalized spacial score (nSPS) is 21.9. The van der Waals surface area contributed by atoms with Crippen molar-refractivity contribution in [3.63, 3.8) is 0 Å². The Morgan fingerprint density at radius 3 is 2.18 bits per heavy atom. The molecule has 1 aliphatic heterocycles. The van der Waals surface area contributed by atoms with Crippen LogP contribution in [0.1, 0.15) is 60.3 Å². The van der Waals surface area contributed by atoms with E-state index < -0.39 is 30.1 Å². The van der Waals surface area contributed by atoms with E-state index >= 15 is 0 Å². The molecule has 4 N–H and O–H groups in total. The molecule has 1 aliphatic rings. The zero-order valence-corrected chi connectivity index (χ0v) is 21.7. The topological polar surface area (TPSA) is 128 Å². The summed E-state index contributed by atoms with van der Waals surface area (Å²) in [5.41, 5.74) is 11.7. The van der Waals surface area contributed by atoms with Crippen molar-refractivity contribution in [3.05, 3.63) is 0 Å². The van der Waals surface area contributed by atoms with E-state index in [2.05, 4.69) is 13.8 Å². The minimum absolute atomic E-state index is 0.00346. The average molecular weight is 471 g/mol. The molecule has 9 heteroatoms. The van der Waals surface area contributed by atoms with Crippen molar-refractivity contribution in [3.8, 4) is 0 Å². The predicted molar refractivity (Wildman–Crippen MR) is 128 cm³/mol. The molecule has 3 amide bonds. The summed E-state index contributed by atoms with van der Waals surface area (Å²) in [4.78, 5) is 41.7. The van der Waals surface area contributed by atoms with Crippen LogP contribution >= 0.6 is 0 Å². The van der Waals surface area contributed by atoms with Crippen molar-refractivity contribution in [2.45, 2.75) is 90.6 Å². The van der Waals surface area contributed by atoms with Crippen molar-refractivity contribution >= 4 is 17.7 Å². The fourth-order valence-corrected chi connectivity index (χ4v) is 4.84. The molecular formula is C24H46N4O5. The zero-order valence-electron chi connectivity index (χ0n) is 21.7. The van der Waals surface area contributed by atoms with Gasteiger partial charge in [-0.25, -0.2) is 0 Å². The molecule has 0 aliphatic carbocycles. The molecule has 0 bridgehead atoms. The molecule has 7 unspecified atom stereocenters. The van der Waals surface area contributed by atoms with Crippen LogP contribution in [0.15, 0.2) is 0 Å². The van der Waals surface area contributed by atoms with Crippen molar-refractivity contribution in [1.29, 1.82) is 0 Å². The molecule has 1 saturated heterocycles. The fourth-order valence-electron chi connectivity index (χ4n) is 4.84. The molecule has 0 aromatic rings. The lowest BCUT2D eigenvalue weighted by molar-refractivity contribution is -0.146. The monoisotopic (exact) mass is 470 g/mol. The first-order valence-electron chi connectivity index (χ1n) is 12.1. The van der Waals surface area contributed by atoms with Gasteiger partial charge in [-0.15, -0.1) is 0 Å². The lowest BCUT2D eigenvalue weighted by atomic mass is 9.89. The maximum Gasteiger partial charge on any atom is 0.239 e. The summed E-state index contributed by atoms with van der Waals surface area (Å²) < 4.78 is 11.4. The van der Waals surface area contributed by atoms with Gasteiger partial charge in [0.1, 0.15) is 0 Å². The summed E-state index contributed by atoms with van der Waals surface area (Å²) in [6.45, 7) is 10.3. The Morgan fingerprint density at radius 1 is 1.12 bits per heavy atom. The highest BCUT2D eigenvalue weighted by Gasteiger charge is 2.41. The smallest absolute Gasteiger partial charge is 0.239 e. The third-order valence-corrected chi connectivity index (χ3v) is 7.30. The molecule has 0 spiro atoms. The number of nitrogens with two attached hydrogens (primary N) is 2. The first-order chi connectivity index (χ1) is 15.4. The number of methoxy groups -OCH3 is 2. The second kappa shape index (κ2) is 13.2. The Kier molecular flexibility index (Phi) is 11.8. The first-order valence-corrected chi connectivity index (χ1v) is 12.1. The van der Waals surface area contributed by atoms with E-state index in [1.54, 1.807) is 38.0 Å². The number of carbonyl (C=O) groups is 3. The van der Waals surface area contributed by atoms with E-state index in [0.717, 1.165) is 19.3 Å². The van der Waals surface area contributed by atoms with E-state index in [0.29, 0.717) is 6.54 Å². The molecule has 0 saturated carbocycles. The van der Waals surface area contributed by atoms with Crippen molar-refractivity contribution in [2.24, 2.45) is 29.2 Å². The highest BCUT2D eigenvalue weighted by Crippen LogP contribution is 2.29. The van der Waals surface area contributed by atoms with Gasteiger partial charge in [-0.05, 0) is 24.7 Å². The molecule has 9 nitrogen and oxygen atoms in total. The minimum Gasteiger partial charge on any atom is -0.379 e. The number of rotatable bonds is 13. The van der Waals surface area contributed by atoms with Crippen LogP contribution in [-0.4, -0.2) is 85.7 Å².